The molecule has 1 heterocycles. The molecule has 13 heavy (non-hydrogen) atoms. The van der Waals surface area contributed by atoms with E-state index in [4.69, 9.17) is 0 Å². The van der Waals surface area contributed by atoms with Gasteiger partial charge in [-0.15, -0.1) is 0 Å². The normalized spacial score (nSPS) is 10.5. The Labute approximate surface area is 80.2 Å². The van der Waals surface area contributed by atoms with Crippen LogP contribution in [0.4, 0.5) is 0 Å². The minimum absolute atomic E-state index is 1.08. The van der Waals surface area contributed by atoms with Crippen LogP contribution in [0.15, 0.2) is 18.7 Å². The lowest BCUT2D eigenvalue weighted by molar-refractivity contribution is 0.565. The minimum atomic E-state index is 1.08. The average molecular weight is 181 g/mol. The molecule has 1 aromatic heterocycles. The van der Waals surface area contributed by atoms with Crippen LogP contribution in [0.3, 0.4) is 0 Å². The fraction of sp³-hybridized carbons (Fsp3) is 0.700. The van der Waals surface area contributed by atoms with E-state index in [0.717, 1.165) is 19.6 Å². The third-order valence-corrected chi connectivity index (χ3v) is 2.08. The summed E-state index contributed by atoms with van der Waals surface area (Å²) in [6.07, 6.45) is 9.56. The molecule has 0 amide bonds. The van der Waals surface area contributed by atoms with Crippen LogP contribution in [-0.2, 0) is 6.54 Å². The first-order valence-electron chi connectivity index (χ1n) is 5.10. The lowest BCUT2D eigenvalue weighted by Crippen LogP contribution is -2.13. The largest absolute Gasteiger partial charge is 0.337 e. The summed E-state index contributed by atoms with van der Waals surface area (Å²) in [5.41, 5.74) is 0. The van der Waals surface area contributed by atoms with Crippen LogP contribution in [0, 0.1) is 0 Å². The molecule has 0 aliphatic carbocycles. The molecule has 0 unspecified atom stereocenters. The van der Waals surface area contributed by atoms with Crippen molar-refractivity contribution in [1.82, 2.24) is 14.9 Å². The van der Waals surface area contributed by atoms with Gasteiger partial charge in [-0.3, -0.25) is 0 Å². The molecular weight excluding hydrogens is 162 g/mol. The zero-order valence-electron chi connectivity index (χ0n) is 8.37. The Kier molecular flexibility index (Phi) is 5.25. The predicted octanol–water partition coefficient (Wildman–Crippen LogP) is 1.66. The Morgan fingerprint density at radius 1 is 1.31 bits per heavy atom. The molecule has 3 heteroatoms. The van der Waals surface area contributed by atoms with Crippen LogP contribution in [0.1, 0.15) is 26.2 Å². The first-order valence-corrected chi connectivity index (χ1v) is 5.10. The van der Waals surface area contributed by atoms with Crippen molar-refractivity contribution in [1.29, 1.82) is 0 Å². The van der Waals surface area contributed by atoms with Gasteiger partial charge in [-0.2, -0.15) is 0 Å². The van der Waals surface area contributed by atoms with Crippen molar-refractivity contribution in [3.63, 3.8) is 0 Å². The molecular formula is C10H19N3. The van der Waals surface area contributed by atoms with Crippen molar-refractivity contribution in [3.05, 3.63) is 18.7 Å². The van der Waals surface area contributed by atoms with E-state index in [1.165, 1.54) is 19.3 Å². The van der Waals surface area contributed by atoms with Gasteiger partial charge in [0.1, 0.15) is 0 Å². The van der Waals surface area contributed by atoms with Crippen molar-refractivity contribution in [2.45, 2.75) is 32.7 Å². The highest BCUT2D eigenvalue weighted by Crippen LogP contribution is 1.97. The number of nitrogens with one attached hydrogen (secondary N) is 1. The van der Waals surface area contributed by atoms with Crippen molar-refractivity contribution in [2.75, 3.05) is 13.1 Å². The summed E-state index contributed by atoms with van der Waals surface area (Å²) in [7, 11) is 0. The molecule has 1 aromatic rings. The van der Waals surface area contributed by atoms with E-state index in [0.29, 0.717) is 0 Å². The first-order chi connectivity index (χ1) is 6.43. The number of hydrogen-bond donors (Lipinski definition) is 1. The minimum Gasteiger partial charge on any atom is -0.337 e. The van der Waals surface area contributed by atoms with Gasteiger partial charge in [-0.1, -0.05) is 13.3 Å². The molecule has 0 saturated carbocycles. The molecule has 74 valence electrons. The zero-order valence-corrected chi connectivity index (χ0v) is 8.37. The molecule has 0 spiro atoms. The summed E-state index contributed by atoms with van der Waals surface area (Å²) >= 11 is 0. The van der Waals surface area contributed by atoms with Crippen LogP contribution >= 0.6 is 0 Å². The fourth-order valence-corrected chi connectivity index (χ4v) is 1.32. The van der Waals surface area contributed by atoms with E-state index in [1.54, 1.807) is 0 Å². The average Bonchev–Trinajstić information content (AvgIpc) is 2.63. The SMILES string of the molecule is CCNCCCCCn1ccnc1. The van der Waals surface area contributed by atoms with E-state index in [-0.39, 0.29) is 0 Å². The Bertz CT molecular complexity index is 194. The van der Waals surface area contributed by atoms with Gasteiger partial charge in [-0.05, 0) is 25.9 Å². The van der Waals surface area contributed by atoms with Gasteiger partial charge in [0.25, 0.3) is 0 Å². The summed E-state index contributed by atoms with van der Waals surface area (Å²) in [5, 5.41) is 3.32. The highest BCUT2D eigenvalue weighted by Gasteiger charge is 1.90. The van der Waals surface area contributed by atoms with E-state index in [1.807, 2.05) is 18.7 Å². The number of rotatable bonds is 7. The quantitative estimate of drug-likeness (QED) is 0.648. The topological polar surface area (TPSA) is 29.9 Å². The van der Waals surface area contributed by atoms with Crippen molar-refractivity contribution < 1.29 is 0 Å². The fourth-order valence-electron chi connectivity index (χ4n) is 1.32. The van der Waals surface area contributed by atoms with Crippen LogP contribution in [0.5, 0.6) is 0 Å². The number of aromatic nitrogens is 2. The van der Waals surface area contributed by atoms with Gasteiger partial charge in [0.05, 0.1) is 6.33 Å². The molecule has 0 radical (unpaired) electrons. The molecule has 0 aliphatic heterocycles. The van der Waals surface area contributed by atoms with Gasteiger partial charge < -0.3 is 9.88 Å². The zero-order chi connectivity index (χ0) is 9.36. The van der Waals surface area contributed by atoms with E-state index < -0.39 is 0 Å². The predicted molar refractivity (Wildman–Crippen MR) is 54.6 cm³/mol. The summed E-state index contributed by atoms with van der Waals surface area (Å²) in [5.74, 6) is 0. The summed E-state index contributed by atoms with van der Waals surface area (Å²) < 4.78 is 2.13. The van der Waals surface area contributed by atoms with Crippen LogP contribution in [0.25, 0.3) is 0 Å². The van der Waals surface area contributed by atoms with Gasteiger partial charge in [0.15, 0.2) is 0 Å². The molecule has 0 aromatic carbocycles. The molecule has 0 fully saturated rings. The summed E-state index contributed by atoms with van der Waals surface area (Å²) in [6, 6.07) is 0. The number of imidazole rings is 1. The second kappa shape index (κ2) is 6.66. The monoisotopic (exact) mass is 181 g/mol. The van der Waals surface area contributed by atoms with Crippen molar-refractivity contribution >= 4 is 0 Å². The van der Waals surface area contributed by atoms with Gasteiger partial charge in [-0.25, -0.2) is 4.98 Å². The molecule has 1 N–H and O–H groups in total. The lowest BCUT2D eigenvalue weighted by Gasteiger charge is -2.02. The third-order valence-electron chi connectivity index (χ3n) is 2.08. The maximum atomic E-state index is 4.00. The maximum absolute atomic E-state index is 4.00. The summed E-state index contributed by atoms with van der Waals surface area (Å²) in [4.78, 5) is 4.00. The number of unbranched alkanes of at least 4 members (excludes halogenated alkanes) is 2. The van der Waals surface area contributed by atoms with Crippen LogP contribution in [0.2, 0.25) is 0 Å². The van der Waals surface area contributed by atoms with E-state index in [9.17, 15) is 0 Å². The van der Waals surface area contributed by atoms with Crippen molar-refractivity contribution in [2.24, 2.45) is 0 Å². The molecule has 0 atom stereocenters. The Morgan fingerprint density at radius 3 is 2.92 bits per heavy atom. The standard InChI is InChI=1S/C10H19N3/c1-2-11-6-4-3-5-8-13-9-7-12-10-13/h7,9-11H,2-6,8H2,1H3. The molecule has 3 nitrogen and oxygen atoms in total. The Morgan fingerprint density at radius 2 is 2.23 bits per heavy atom. The van der Waals surface area contributed by atoms with Gasteiger partial charge in [0, 0.05) is 18.9 Å². The molecule has 0 saturated heterocycles. The van der Waals surface area contributed by atoms with E-state index in [2.05, 4.69) is 21.8 Å². The number of hydrogen-bond acceptors (Lipinski definition) is 2. The number of nitrogens with zero attached hydrogens (tertiary/aromatic N) is 2. The highest BCUT2D eigenvalue weighted by atomic mass is 15.0. The second-order valence-corrected chi connectivity index (χ2v) is 3.21. The summed E-state index contributed by atoms with van der Waals surface area (Å²) in [6.45, 7) is 5.49. The smallest absolute Gasteiger partial charge is 0.0945 e. The third kappa shape index (κ3) is 4.68. The van der Waals surface area contributed by atoms with Gasteiger partial charge in [0.2, 0.25) is 0 Å². The Hall–Kier alpha value is -0.830. The second-order valence-electron chi connectivity index (χ2n) is 3.21. The van der Waals surface area contributed by atoms with Gasteiger partial charge >= 0.3 is 0 Å². The van der Waals surface area contributed by atoms with Crippen molar-refractivity contribution in [3.8, 4) is 0 Å². The van der Waals surface area contributed by atoms with Crippen LogP contribution in [-0.4, -0.2) is 22.6 Å². The first kappa shape index (κ1) is 10.3. The molecule has 0 bridgehead atoms. The number of aryl methyl sites for hydroxylation is 1. The van der Waals surface area contributed by atoms with Crippen LogP contribution < -0.4 is 5.32 Å². The molecule has 0 aliphatic rings. The maximum Gasteiger partial charge on any atom is 0.0945 e. The molecule has 1 rings (SSSR count). The lowest BCUT2D eigenvalue weighted by atomic mass is 10.2. The Balaban J connectivity index is 1.90. The van der Waals surface area contributed by atoms with E-state index >= 15 is 0 Å². The highest BCUT2D eigenvalue weighted by molar-refractivity contribution is 4.73.